The van der Waals surface area contributed by atoms with Gasteiger partial charge in [0.1, 0.15) is 11.3 Å². The first kappa shape index (κ1) is 17.1. The van der Waals surface area contributed by atoms with E-state index >= 15 is 0 Å². The highest BCUT2D eigenvalue weighted by Gasteiger charge is 2.38. The number of benzene rings is 2. The van der Waals surface area contributed by atoms with E-state index in [1.807, 2.05) is 0 Å². The van der Waals surface area contributed by atoms with E-state index in [4.69, 9.17) is 21.1 Å². The maximum atomic E-state index is 13.1. The standard InChI is InChI=1S/C16H12ClF3O3/c1-22-11-8-10(16(18,19)20)13(17)15(23-2)12(11)14(21)9-6-4-3-5-7-9/h3-8H,1-2H3. The molecular weight excluding hydrogens is 333 g/mol. The Bertz CT molecular complexity index is 728. The molecule has 0 aliphatic rings. The highest BCUT2D eigenvalue weighted by Crippen LogP contribution is 2.45. The van der Waals surface area contributed by atoms with E-state index in [-0.39, 0.29) is 22.6 Å². The maximum absolute atomic E-state index is 13.1. The van der Waals surface area contributed by atoms with Crippen LogP contribution in [0.5, 0.6) is 11.5 Å². The molecule has 23 heavy (non-hydrogen) atoms. The molecule has 0 fully saturated rings. The van der Waals surface area contributed by atoms with Crippen LogP contribution in [-0.2, 0) is 6.18 Å². The molecule has 0 aromatic heterocycles. The van der Waals surface area contributed by atoms with E-state index < -0.39 is 22.5 Å². The normalized spacial score (nSPS) is 11.2. The number of alkyl halides is 3. The fourth-order valence-corrected chi connectivity index (χ4v) is 2.45. The van der Waals surface area contributed by atoms with E-state index in [0.29, 0.717) is 6.07 Å². The molecule has 2 aromatic carbocycles. The Kier molecular flexibility index (Phi) is 4.85. The SMILES string of the molecule is COc1cc(C(F)(F)F)c(Cl)c(OC)c1C(=O)c1ccccc1. The topological polar surface area (TPSA) is 35.5 Å². The van der Waals surface area contributed by atoms with Crippen LogP contribution in [0.1, 0.15) is 21.5 Å². The molecule has 0 atom stereocenters. The highest BCUT2D eigenvalue weighted by atomic mass is 35.5. The smallest absolute Gasteiger partial charge is 0.418 e. The zero-order valence-electron chi connectivity index (χ0n) is 12.2. The number of ether oxygens (including phenoxy) is 2. The van der Waals surface area contributed by atoms with Crippen LogP contribution >= 0.6 is 11.6 Å². The zero-order chi connectivity index (χ0) is 17.2. The van der Waals surface area contributed by atoms with Gasteiger partial charge in [-0.2, -0.15) is 13.2 Å². The van der Waals surface area contributed by atoms with E-state index in [2.05, 4.69) is 0 Å². The number of carbonyl (C=O) groups excluding carboxylic acids is 1. The summed E-state index contributed by atoms with van der Waals surface area (Å²) in [6.45, 7) is 0. The van der Waals surface area contributed by atoms with Gasteiger partial charge in [0.2, 0.25) is 5.78 Å². The molecule has 0 heterocycles. The van der Waals surface area contributed by atoms with Crippen LogP contribution in [-0.4, -0.2) is 20.0 Å². The van der Waals surface area contributed by atoms with Crippen molar-refractivity contribution < 1.29 is 27.4 Å². The average Bonchev–Trinajstić information content (AvgIpc) is 2.53. The number of hydrogen-bond donors (Lipinski definition) is 0. The molecule has 3 nitrogen and oxygen atoms in total. The minimum Gasteiger partial charge on any atom is -0.496 e. The second kappa shape index (κ2) is 6.50. The summed E-state index contributed by atoms with van der Waals surface area (Å²) in [5, 5.41) is -0.680. The Morgan fingerprint density at radius 3 is 2.17 bits per heavy atom. The number of hydrogen-bond acceptors (Lipinski definition) is 3. The number of methoxy groups -OCH3 is 2. The number of carbonyl (C=O) groups is 1. The van der Waals surface area contributed by atoms with Crippen LogP contribution in [0.3, 0.4) is 0 Å². The van der Waals surface area contributed by atoms with E-state index in [0.717, 1.165) is 7.11 Å². The highest BCUT2D eigenvalue weighted by molar-refractivity contribution is 6.34. The molecule has 0 saturated heterocycles. The molecule has 2 aromatic rings. The molecule has 0 N–H and O–H groups in total. The molecule has 0 unspecified atom stereocenters. The van der Waals surface area contributed by atoms with Crippen molar-refractivity contribution in [2.75, 3.05) is 14.2 Å². The molecular formula is C16H12ClF3O3. The first-order valence-electron chi connectivity index (χ1n) is 6.42. The predicted octanol–water partition coefficient (Wildman–Crippen LogP) is 4.61. The third-order valence-corrected chi connectivity index (χ3v) is 3.55. The summed E-state index contributed by atoms with van der Waals surface area (Å²) >= 11 is 5.81. The first-order valence-corrected chi connectivity index (χ1v) is 6.80. The van der Waals surface area contributed by atoms with Crippen LogP contribution in [0.2, 0.25) is 5.02 Å². The van der Waals surface area contributed by atoms with Gasteiger partial charge in [0.25, 0.3) is 0 Å². The van der Waals surface area contributed by atoms with Gasteiger partial charge in [-0.1, -0.05) is 41.9 Å². The summed E-state index contributed by atoms with van der Waals surface area (Å²) in [5.41, 5.74) is -1.00. The maximum Gasteiger partial charge on any atom is 0.418 e. The molecule has 2 rings (SSSR count). The molecule has 122 valence electrons. The van der Waals surface area contributed by atoms with Crippen LogP contribution in [0, 0.1) is 0 Å². The molecule has 0 amide bonds. The van der Waals surface area contributed by atoms with Crippen LogP contribution in [0.15, 0.2) is 36.4 Å². The minimum absolute atomic E-state index is 0.154. The molecule has 0 aliphatic carbocycles. The molecule has 0 radical (unpaired) electrons. The molecule has 7 heteroatoms. The van der Waals surface area contributed by atoms with Gasteiger partial charge in [-0.15, -0.1) is 0 Å². The van der Waals surface area contributed by atoms with Crippen molar-refractivity contribution in [1.82, 2.24) is 0 Å². The van der Waals surface area contributed by atoms with E-state index in [1.54, 1.807) is 18.2 Å². The van der Waals surface area contributed by atoms with Gasteiger partial charge >= 0.3 is 6.18 Å². The number of rotatable bonds is 4. The van der Waals surface area contributed by atoms with Crippen molar-refractivity contribution in [3.05, 3.63) is 58.1 Å². The molecule has 0 spiro atoms. The summed E-state index contributed by atoms with van der Waals surface area (Å²) in [7, 11) is 2.31. The summed E-state index contributed by atoms with van der Waals surface area (Å²) in [5.74, 6) is -1.17. The quantitative estimate of drug-likeness (QED) is 0.760. The van der Waals surface area contributed by atoms with Gasteiger partial charge in [0.05, 0.1) is 24.8 Å². The zero-order valence-corrected chi connectivity index (χ0v) is 13.0. The summed E-state index contributed by atoms with van der Waals surface area (Å²) in [6, 6.07) is 8.75. The van der Waals surface area contributed by atoms with Gasteiger partial charge in [0.15, 0.2) is 5.75 Å². The lowest BCUT2D eigenvalue weighted by Crippen LogP contribution is -2.12. The lowest BCUT2D eigenvalue weighted by Gasteiger charge is -2.18. The van der Waals surface area contributed by atoms with E-state index in [9.17, 15) is 18.0 Å². The number of halogens is 4. The average molecular weight is 345 g/mol. The largest absolute Gasteiger partial charge is 0.496 e. The fraction of sp³-hybridized carbons (Fsp3) is 0.188. The number of ketones is 1. The van der Waals surface area contributed by atoms with Gasteiger partial charge in [0, 0.05) is 5.56 Å². The second-order valence-electron chi connectivity index (χ2n) is 4.54. The van der Waals surface area contributed by atoms with Crippen molar-refractivity contribution in [2.45, 2.75) is 6.18 Å². The second-order valence-corrected chi connectivity index (χ2v) is 4.92. The Morgan fingerprint density at radius 2 is 1.70 bits per heavy atom. The van der Waals surface area contributed by atoms with Crippen LogP contribution in [0.25, 0.3) is 0 Å². The van der Waals surface area contributed by atoms with Crippen molar-refractivity contribution in [3.8, 4) is 11.5 Å². The summed E-state index contributed by atoms with van der Waals surface area (Å²) in [4.78, 5) is 12.6. The predicted molar refractivity (Wildman–Crippen MR) is 79.4 cm³/mol. The Labute approximate surface area is 135 Å². The van der Waals surface area contributed by atoms with Crippen LogP contribution < -0.4 is 9.47 Å². The first-order chi connectivity index (χ1) is 10.8. The third kappa shape index (κ3) is 3.27. The van der Waals surface area contributed by atoms with Gasteiger partial charge in [-0.3, -0.25) is 4.79 Å². The van der Waals surface area contributed by atoms with Crippen molar-refractivity contribution in [3.63, 3.8) is 0 Å². The molecule has 0 bridgehead atoms. The van der Waals surface area contributed by atoms with Crippen molar-refractivity contribution in [2.24, 2.45) is 0 Å². The lowest BCUT2D eigenvalue weighted by atomic mass is 9.99. The minimum atomic E-state index is -4.70. The summed E-state index contributed by atoms with van der Waals surface area (Å²) < 4.78 is 49.1. The van der Waals surface area contributed by atoms with Gasteiger partial charge < -0.3 is 9.47 Å². The third-order valence-electron chi connectivity index (χ3n) is 3.18. The summed E-state index contributed by atoms with van der Waals surface area (Å²) in [6.07, 6.45) is -4.70. The van der Waals surface area contributed by atoms with Crippen LogP contribution in [0.4, 0.5) is 13.2 Å². The Hall–Kier alpha value is -2.21. The Balaban J connectivity index is 2.73. The van der Waals surface area contributed by atoms with E-state index in [1.165, 1.54) is 19.2 Å². The lowest BCUT2D eigenvalue weighted by molar-refractivity contribution is -0.137. The molecule has 0 aliphatic heterocycles. The van der Waals surface area contributed by atoms with Crippen molar-refractivity contribution >= 4 is 17.4 Å². The van der Waals surface area contributed by atoms with Crippen molar-refractivity contribution in [1.29, 1.82) is 0 Å². The molecule has 0 saturated carbocycles. The fourth-order valence-electron chi connectivity index (χ4n) is 2.12. The Morgan fingerprint density at radius 1 is 1.09 bits per heavy atom. The van der Waals surface area contributed by atoms with Gasteiger partial charge in [-0.25, -0.2) is 0 Å². The monoisotopic (exact) mass is 344 g/mol. The van der Waals surface area contributed by atoms with Gasteiger partial charge in [-0.05, 0) is 6.07 Å².